The summed E-state index contributed by atoms with van der Waals surface area (Å²) in [6.45, 7) is 3.29. The fourth-order valence-corrected chi connectivity index (χ4v) is 4.55. The van der Waals surface area contributed by atoms with E-state index in [1.165, 1.54) is 27.9 Å². The van der Waals surface area contributed by atoms with E-state index in [4.69, 9.17) is 0 Å². The lowest BCUT2D eigenvalue weighted by atomic mass is 10.1. The molecule has 0 aliphatic carbocycles. The second-order valence-corrected chi connectivity index (χ2v) is 9.29. The topological polar surface area (TPSA) is 95.7 Å². The van der Waals surface area contributed by atoms with Crippen molar-refractivity contribution >= 4 is 28.8 Å². The Kier molecular flexibility index (Phi) is 7.65. The number of aliphatic hydroxyl groups is 1. The van der Waals surface area contributed by atoms with Crippen LogP contribution < -0.4 is 10.6 Å². The van der Waals surface area contributed by atoms with Crippen LogP contribution in [-0.4, -0.2) is 39.0 Å². The third kappa shape index (κ3) is 5.52. The molecule has 3 heterocycles. The van der Waals surface area contributed by atoms with Crippen molar-refractivity contribution in [2.45, 2.75) is 38.5 Å². The molecule has 0 bridgehead atoms. The van der Waals surface area contributed by atoms with Crippen LogP contribution in [0.3, 0.4) is 0 Å². The second-order valence-electron chi connectivity index (χ2n) is 8.51. The summed E-state index contributed by atoms with van der Waals surface area (Å²) >= 11 is 1.44. The molecular formula is C26H25F3N4O3S. The average molecular weight is 531 g/mol. The van der Waals surface area contributed by atoms with Gasteiger partial charge in [0.1, 0.15) is 11.4 Å². The van der Waals surface area contributed by atoms with E-state index in [0.717, 1.165) is 12.1 Å². The molecular weight excluding hydrogens is 505 g/mol. The van der Waals surface area contributed by atoms with Gasteiger partial charge >= 0.3 is 6.18 Å². The Morgan fingerprint density at radius 1 is 1.11 bits per heavy atom. The van der Waals surface area contributed by atoms with Crippen molar-refractivity contribution in [1.29, 1.82) is 0 Å². The zero-order valence-electron chi connectivity index (χ0n) is 20.0. The van der Waals surface area contributed by atoms with E-state index < -0.39 is 35.6 Å². The van der Waals surface area contributed by atoms with Gasteiger partial charge in [0.05, 0.1) is 29.8 Å². The highest BCUT2D eigenvalue weighted by atomic mass is 32.1. The first-order valence-corrected chi connectivity index (χ1v) is 12.5. The summed E-state index contributed by atoms with van der Waals surface area (Å²) in [4.78, 5) is 31.1. The number of nitrogens with zero attached hydrogens (tertiary/aromatic N) is 2. The van der Waals surface area contributed by atoms with Crippen LogP contribution >= 0.6 is 11.3 Å². The molecule has 37 heavy (non-hydrogen) atoms. The van der Waals surface area contributed by atoms with Gasteiger partial charge in [-0.25, -0.2) is 4.98 Å². The lowest BCUT2D eigenvalue weighted by molar-refractivity contribution is -0.137. The highest BCUT2D eigenvalue weighted by Crippen LogP contribution is 2.31. The minimum Gasteiger partial charge on any atom is -0.394 e. The SMILES string of the molecule is CC[C@@H](CO)NC(=O)c1c(-c2ccsc2)nc2c(C(=O)NC(C)c3ccc(C(F)(F)F)cc3)cccn12. The Morgan fingerprint density at radius 2 is 1.84 bits per heavy atom. The van der Waals surface area contributed by atoms with E-state index in [9.17, 15) is 27.9 Å². The Morgan fingerprint density at radius 3 is 2.43 bits per heavy atom. The average Bonchev–Trinajstić information content (AvgIpc) is 3.54. The van der Waals surface area contributed by atoms with Crippen LogP contribution in [0.4, 0.5) is 13.2 Å². The molecule has 3 N–H and O–H groups in total. The van der Waals surface area contributed by atoms with Crippen LogP contribution in [0.2, 0.25) is 0 Å². The van der Waals surface area contributed by atoms with Crippen molar-refractivity contribution in [2.24, 2.45) is 0 Å². The first kappa shape index (κ1) is 26.4. The van der Waals surface area contributed by atoms with Crippen LogP contribution in [0.1, 0.15) is 58.3 Å². The number of carbonyl (C=O) groups excluding carboxylic acids is 2. The monoisotopic (exact) mass is 530 g/mol. The predicted octanol–water partition coefficient (Wildman–Crippen LogP) is 5.07. The second kappa shape index (κ2) is 10.7. The fourth-order valence-electron chi connectivity index (χ4n) is 3.91. The Hall–Kier alpha value is -3.70. The minimum absolute atomic E-state index is 0.200. The number of thiophene rings is 1. The van der Waals surface area contributed by atoms with E-state index in [1.54, 1.807) is 25.3 Å². The standard InChI is InChI=1S/C26H25F3N4O3S/c1-3-19(13-34)31-25(36)22-21(17-10-12-37-14-17)32-23-20(5-4-11-33(22)23)24(35)30-15(2)16-6-8-18(9-7-16)26(27,28)29/h4-12,14-15,19,34H,3,13H2,1-2H3,(H,30,35)(H,31,36)/t15?,19-/m0/s1. The quantitative estimate of drug-likeness (QED) is 0.296. The molecule has 1 unspecified atom stereocenters. The van der Waals surface area contributed by atoms with Gasteiger partial charge in [-0.2, -0.15) is 24.5 Å². The van der Waals surface area contributed by atoms with Gasteiger partial charge in [0, 0.05) is 17.1 Å². The maximum absolute atomic E-state index is 13.2. The predicted molar refractivity (Wildman–Crippen MR) is 134 cm³/mol. The molecule has 0 aliphatic rings. The van der Waals surface area contributed by atoms with Crippen molar-refractivity contribution < 1.29 is 27.9 Å². The maximum atomic E-state index is 13.2. The Bertz CT molecular complexity index is 1400. The molecule has 0 saturated heterocycles. The molecule has 0 aliphatic heterocycles. The molecule has 4 rings (SSSR count). The lowest BCUT2D eigenvalue weighted by Gasteiger charge is -2.16. The molecule has 0 spiro atoms. The molecule has 194 valence electrons. The lowest BCUT2D eigenvalue weighted by Crippen LogP contribution is -2.37. The summed E-state index contributed by atoms with van der Waals surface area (Å²) in [5.41, 5.74) is 1.52. The van der Waals surface area contributed by atoms with Crippen LogP contribution in [0, 0.1) is 0 Å². The number of pyridine rings is 1. The zero-order valence-corrected chi connectivity index (χ0v) is 20.9. The number of hydrogen-bond acceptors (Lipinski definition) is 5. The molecule has 2 atom stereocenters. The minimum atomic E-state index is -4.44. The van der Waals surface area contributed by atoms with Gasteiger partial charge in [-0.1, -0.05) is 19.1 Å². The van der Waals surface area contributed by atoms with Gasteiger partial charge in [-0.15, -0.1) is 0 Å². The van der Waals surface area contributed by atoms with Crippen molar-refractivity contribution in [1.82, 2.24) is 20.0 Å². The number of aromatic nitrogens is 2. The third-order valence-corrected chi connectivity index (χ3v) is 6.72. The summed E-state index contributed by atoms with van der Waals surface area (Å²) in [7, 11) is 0. The Labute approximate surface area is 215 Å². The highest BCUT2D eigenvalue weighted by Gasteiger charge is 2.30. The maximum Gasteiger partial charge on any atom is 0.416 e. The summed E-state index contributed by atoms with van der Waals surface area (Å²) < 4.78 is 40.2. The van der Waals surface area contributed by atoms with Crippen molar-refractivity contribution in [3.8, 4) is 11.3 Å². The van der Waals surface area contributed by atoms with Crippen molar-refractivity contribution in [3.05, 3.63) is 81.8 Å². The molecule has 2 amide bonds. The molecule has 1 aromatic carbocycles. The molecule has 0 saturated carbocycles. The van der Waals surface area contributed by atoms with E-state index in [2.05, 4.69) is 15.6 Å². The van der Waals surface area contributed by atoms with Gasteiger partial charge in [0.2, 0.25) is 0 Å². The van der Waals surface area contributed by atoms with Crippen molar-refractivity contribution in [2.75, 3.05) is 6.61 Å². The Balaban J connectivity index is 1.69. The number of fused-ring (bicyclic) bond motifs is 1. The highest BCUT2D eigenvalue weighted by molar-refractivity contribution is 7.08. The van der Waals surface area contributed by atoms with Gasteiger partial charge in [-0.3, -0.25) is 14.0 Å². The summed E-state index contributed by atoms with van der Waals surface area (Å²) in [6, 6.07) is 8.58. The number of carbonyl (C=O) groups is 2. The van der Waals surface area contributed by atoms with E-state index in [0.29, 0.717) is 23.2 Å². The van der Waals surface area contributed by atoms with Crippen LogP contribution in [0.25, 0.3) is 16.9 Å². The molecule has 0 fully saturated rings. The first-order chi connectivity index (χ1) is 17.6. The van der Waals surface area contributed by atoms with Gasteiger partial charge < -0.3 is 15.7 Å². The van der Waals surface area contributed by atoms with Crippen LogP contribution in [-0.2, 0) is 6.18 Å². The number of halogens is 3. The normalized spacial score (nSPS) is 13.4. The van der Waals surface area contributed by atoms with E-state index in [-0.39, 0.29) is 23.5 Å². The van der Waals surface area contributed by atoms with E-state index >= 15 is 0 Å². The molecule has 11 heteroatoms. The van der Waals surface area contributed by atoms with E-state index in [1.807, 2.05) is 23.8 Å². The van der Waals surface area contributed by atoms with Gasteiger partial charge in [0.25, 0.3) is 11.8 Å². The molecule has 7 nitrogen and oxygen atoms in total. The summed E-state index contributed by atoms with van der Waals surface area (Å²) in [6.07, 6.45) is -2.29. The number of rotatable bonds is 8. The fraction of sp³-hybridized carbons (Fsp3) is 0.269. The number of aliphatic hydroxyl groups excluding tert-OH is 1. The van der Waals surface area contributed by atoms with Crippen LogP contribution in [0.15, 0.2) is 59.4 Å². The molecule has 3 aromatic heterocycles. The molecule has 0 radical (unpaired) electrons. The number of amides is 2. The van der Waals surface area contributed by atoms with Gasteiger partial charge in [0.15, 0.2) is 5.65 Å². The molecule has 4 aromatic rings. The van der Waals surface area contributed by atoms with Crippen LogP contribution in [0.5, 0.6) is 0 Å². The largest absolute Gasteiger partial charge is 0.416 e. The smallest absolute Gasteiger partial charge is 0.394 e. The van der Waals surface area contributed by atoms with Gasteiger partial charge in [-0.05, 0) is 54.6 Å². The summed E-state index contributed by atoms with van der Waals surface area (Å²) in [5.74, 6) is -0.932. The number of alkyl halides is 3. The first-order valence-electron chi connectivity index (χ1n) is 11.6. The number of benzene rings is 1. The van der Waals surface area contributed by atoms with Crippen molar-refractivity contribution in [3.63, 3.8) is 0 Å². The summed E-state index contributed by atoms with van der Waals surface area (Å²) in [5, 5.41) is 18.8. The number of imidazole rings is 1. The number of hydrogen-bond donors (Lipinski definition) is 3. The number of nitrogens with one attached hydrogen (secondary N) is 2. The third-order valence-electron chi connectivity index (χ3n) is 6.04. The zero-order chi connectivity index (χ0) is 26.7.